The van der Waals surface area contributed by atoms with Crippen molar-refractivity contribution in [1.29, 1.82) is 10.8 Å². The Morgan fingerprint density at radius 2 is 0.828 bits per heavy atom. The number of phenols is 2. The van der Waals surface area contributed by atoms with Crippen molar-refractivity contribution >= 4 is 118 Å². The zero-order chi connectivity index (χ0) is 95.2. The van der Waals surface area contributed by atoms with Crippen molar-refractivity contribution in [3.8, 4) is 11.5 Å². The first-order chi connectivity index (χ1) is 60.5. The molecule has 3 aliphatic heterocycles. The van der Waals surface area contributed by atoms with Gasteiger partial charge in [0.15, 0.2) is 11.9 Å². The first kappa shape index (κ1) is 106. The molecule has 3 fully saturated rings. The van der Waals surface area contributed by atoms with Crippen LogP contribution in [-0.4, -0.2) is 271 Å². The minimum absolute atomic E-state index is 0.00607. The van der Waals surface area contributed by atoms with E-state index in [4.69, 9.17) is 33.8 Å². The van der Waals surface area contributed by atoms with Crippen molar-refractivity contribution in [2.45, 2.75) is 274 Å². The molecular weight excluding hydrogens is 1670 g/mol. The Labute approximate surface area is 740 Å². The number of amides is 15. The molecule has 5 rings (SSSR count). The van der Waals surface area contributed by atoms with E-state index in [1.165, 1.54) is 53.4 Å². The van der Waals surface area contributed by atoms with Gasteiger partial charge < -0.3 is 133 Å². The van der Waals surface area contributed by atoms with Crippen molar-refractivity contribution in [2.24, 2.45) is 40.7 Å². The van der Waals surface area contributed by atoms with Crippen LogP contribution >= 0.6 is 0 Å². The van der Waals surface area contributed by atoms with Gasteiger partial charge in [0.2, 0.25) is 88.6 Å². The lowest BCUT2D eigenvalue weighted by molar-refractivity contribution is -0.144. The van der Waals surface area contributed by atoms with E-state index in [9.17, 15) is 97.5 Å². The van der Waals surface area contributed by atoms with Crippen LogP contribution in [0.3, 0.4) is 0 Å². The van der Waals surface area contributed by atoms with Crippen LogP contribution in [-0.2, 0) is 99.1 Å². The second kappa shape index (κ2) is 52.8. The van der Waals surface area contributed by atoms with Crippen LogP contribution in [0.4, 0.5) is 0 Å². The van der Waals surface area contributed by atoms with Crippen molar-refractivity contribution in [3.05, 3.63) is 59.7 Å². The highest BCUT2D eigenvalue weighted by molar-refractivity contribution is 6.02. The summed E-state index contributed by atoms with van der Waals surface area (Å²) in [6, 6.07) is -10.1. The van der Waals surface area contributed by atoms with Gasteiger partial charge in [0, 0.05) is 58.3 Å². The molecule has 2 aromatic carbocycles. The molecule has 29 N–H and O–H groups in total. The average Bonchev–Trinajstić information content (AvgIpc) is 1.69. The fourth-order valence-corrected chi connectivity index (χ4v) is 14.8. The second-order valence-corrected chi connectivity index (χ2v) is 33.1. The SMILES string of the molecule is CC[C@H](C)[C@H](NC(=O)[C@H](Cc1ccc(O)cc1)NC(=O)[C@@H]1CCCN1C(=O)[C@H](CCCNC(=N)N)NC(=O)[C@H](CCCNC(=N)N)NC(=O)[C@@H]1CCCN1C(=O)[C@H](CCCCN)NC(=O)[C@H](CC(N)=O)NC(=O)[C@H](CCC(=O)O)NC(=O)[C@H](Cc1ccc(O)cc1)NC(=O)[C@H](CC(C)C)NC(=O)[C@H](CCC(=O)O)NC(=O)[C@@H]1CCC(=O)N1)C(=O)N[C@@H](CC(C)C)C(=O)O. The number of benzene rings is 2. The van der Waals surface area contributed by atoms with Gasteiger partial charge in [0.05, 0.1) is 6.42 Å². The Morgan fingerprint density at radius 3 is 1.27 bits per heavy atom. The van der Waals surface area contributed by atoms with Crippen LogP contribution in [0.15, 0.2) is 48.5 Å². The van der Waals surface area contributed by atoms with E-state index in [0.29, 0.717) is 12.0 Å². The Bertz CT molecular complexity index is 4230. The molecule has 3 aliphatic rings. The van der Waals surface area contributed by atoms with Crippen LogP contribution in [0, 0.1) is 28.6 Å². The standard InChI is InChI=1S/C83H128N22O23/c1-7-45(6)67(78(124)102-60(81(127)128)39-44(4)5)103-75(121)58(41-47-21-25-49(107)26-22-47)101-77(123)62-18-13-37-105(62)80(126)55(16-11-35-91-83(88)89)96-68(114)50(15-10-34-90-82(86)87)95-76(122)61-17-12-36-104(61)79(125)54(14-8-9-33-84)97-74(120)59(42-63(85)108)100-71(117)53(29-32-66(112)113)94-73(119)57(40-46-19-23-48(106)24-20-46)99-72(118)56(38-43(2)3)98-70(116)52(28-31-65(110)111)93-69(115)51-27-30-64(109)92-51/h19-26,43-45,50-62,67,106-107H,7-18,27-42,84H2,1-6H3,(H2,85,108)(H,92,109)(H,93,115)(H,94,119)(H,95,122)(H,96,114)(H,97,120)(H,98,116)(H,99,118)(H,100,117)(H,101,123)(H,102,124)(H,103,121)(H,110,111)(H,112,113)(H,127,128)(H4,86,87,90)(H4,88,89,91)/t45-,50-,51-,52-,53-,54-,55-,56-,57-,58-,59-,60-,61-,62-,67-/m0/s1. The molecule has 3 saturated heterocycles. The lowest BCUT2D eigenvalue weighted by atomic mass is 9.96. The number of carboxylic acids is 3. The predicted octanol–water partition coefficient (Wildman–Crippen LogP) is -4.04. The highest BCUT2D eigenvalue weighted by Gasteiger charge is 2.45. The van der Waals surface area contributed by atoms with Crippen LogP contribution in [0.1, 0.15) is 188 Å². The Hall–Kier alpha value is -13.0. The smallest absolute Gasteiger partial charge is 0.326 e. The monoisotopic (exact) mass is 1800 g/mol. The third kappa shape index (κ3) is 35.8. The van der Waals surface area contributed by atoms with E-state index < -0.39 is 247 Å². The van der Waals surface area contributed by atoms with Crippen LogP contribution in [0.2, 0.25) is 0 Å². The van der Waals surface area contributed by atoms with Gasteiger partial charge in [-0.15, -0.1) is 0 Å². The summed E-state index contributed by atoms with van der Waals surface area (Å²) in [6.07, 6.45) is -3.46. The predicted molar refractivity (Wildman–Crippen MR) is 460 cm³/mol. The maximum atomic E-state index is 15.2. The molecule has 15 atom stereocenters. The summed E-state index contributed by atoms with van der Waals surface area (Å²) in [7, 11) is 0. The largest absolute Gasteiger partial charge is 0.508 e. The Morgan fingerprint density at radius 1 is 0.453 bits per heavy atom. The summed E-state index contributed by atoms with van der Waals surface area (Å²) in [5, 5.41) is 101. The third-order valence-electron chi connectivity index (χ3n) is 21.8. The fraction of sp³-hybridized carbons (Fsp3) is 0.614. The average molecular weight is 1800 g/mol. The molecule has 45 heteroatoms. The Kier molecular flexibility index (Phi) is 43.6. The molecule has 0 bridgehead atoms. The summed E-state index contributed by atoms with van der Waals surface area (Å²) < 4.78 is 0. The minimum Gasteiger partial charge on any atom is -0.508 e. The highest BCUT2D eigenvalue weighted by atomic mass is 16.4. The zero-order valence-corrected chi connectivity index (χ0v) is 73.0. The maximum Gasteiger partial charge on any atom is 0.326 e. The molecule has 0 radical (unpaired) electrons. The summed E-state index contributed by atoms with van der Waals surface area (Å²) in [5.41, 5.74) is 23.5. The number of carboxylic acid groups (broad SMARTS) is 3. The third-order valence-corrected chi connectivity index (χ3v) is 21.8. The number of unbranched alkanes of at least 4 members (excludes halogenated alkanes) is 1. The number of nitrogens with zero attached hydrogens (tertiary/aromatic N) is 2. The number of nitrogens with one attached hydrogen (secondary N) is 16. The number of aliphatic carboxylic acids is 3. The van der Waals surface area contributed by atoms with Crippen molar-refractivity contribution in [3.63, 3.8) is 0 Å². The first-order valence-corrected chi connectivity index (χ1v) is 43.1. The van der Waals surface area contributed by atoms with E-state index in [-0.39, 0.29) is 164 Å². The number of rotatable bonds is 55. The van der Waals surface area contributed by atoms with Crippen molar-refractivity contribution < 1.29 is 112 Å². The van der Waals surface area contributed by atoms with Gasteiger partial charge in [-0.2, -0.15) is 0 Å². The van der Waals surface area contributed by atoms with E-state index in [1.807, 2.05) is 0 Å². The quantitative estimate of drug-likeness (QED) is 0.0170. The first-order valence-electron chi connectivity index (χ1n) is 43.1. The Balaban J connectivity index is 1.42. The van der Waals surface area contributed by atoms with Gasteiger partial charge in [-0.25, -0.2) is 4.79 Å². The number of nitrogens with two attached hydrogens (primary N) is 4. The van der Waals surface area contributed by atoms with E-state index in [2.05, 4.69) is 74.4 Å². The lowest BCUT2D eigenvalue weighted by Gasteiger charge is -2.32. The summed E-state index contributed by atoms with van der Waals surface area (Å²) in [5.74, 6) is -20.5. The van der Waals surface area contributed by atoms with Gasteiger partial charge in [0.25, 0.3) is 0 Å². The number of aromatic hydroxyl groups is 2. The van der Waals surface area contributed by atoms with Crippen molar-refractivity contribution in [1.82, 2.24) is 84.2 Å². The molecule has 708 valence electrons. The van der Waals surface area contributed by atoms with E-state index in [0.717, 1.165) is 4.90 Å². The molecule has 3 heterocycles. The van der Waals surface area contributed by atoms with Gasteiger partial charge in [-0.3, -0.25) is 92.3 Å². The minimum atomic E-state index is -1.99. The molecule has 2 aromatic rings. The topological polar surface area (TPSA) is 735 Å². The van der Waals surface area contributed by atoms with Gasteiger partial charge in [-0.05, 0) is 162 Å². The molecule has 0 saturated carbocycles. The zero-order valence-electron chi connectivity index (χ0n) is 73.0. The molecule has 45 nitrogen and oxygen atoms in total. The maximum absolute atomic E-state index is 15.2. The van der Waals surface area contributed by atoms with Crippen LogP contribution < -0.4 is 97.4 Å². The molecule has 128 heavy (non-hydrogen) atoms. The van der Waals surface area contributed by atoms with Crippen LogP contribution in [0.5, 0.6) is 11.5 Å². The molecule has 0 aromatic heterocycles. The molecule has 0 aliphatic carbocycles. The number of likely N-dealkylation sites (tertiary alicyclic amines) is 2. The summed E-state index contributed by atoms with van der Waals surface area (Å²) in [4.78, 5) is 253. The number of carbonyl (C=O) groups is 18. The van der Waals surface area contributed by atoms with Gasteiger partial charge in [0.1, 0.15) is 96.1 Å². The van der Waals surface area contributed by atoms with Crippen molar-refractivity contribution in [2.75, 3.05) is 32.7 Å². The second-order valence-electron chi connectivity index (χ2n) is 33.1. The molecular formula is C83H128N22O23. The van der Waals surface area contributed by atoms with Gasteiger partial charge in [-0.1, -0.05) is 72.2 Å². The summed E-state index contributed by atoms with van der Waals surface area (Å²) in [6.45, 7) is 10.3. The fourth-order valence-electron chi connectivity index (χ4n) is 14.8. The number of phenolic OH excluding ortho intramolecular Hbond substituents is 2. The number of hydrogen-bond donors (Lipinski definition) is 25. The normalized spacial score (nSPS) is 17.5. The number of primary amides is 1. The summed E-state index contributed by atoms with van der Waals surface area (Å²) >= 11 is 0. The van der Waals surface area contributed by atoms with E-state index in [1.54, 1.807) is 41.5 Å². The highest BCUT2D eigenvalue weighted by Crippen LogP contribution is 2.25. The van der Waals surface area contributed by atoms with Gasteiger partial charge >= 0.3 is 17.9 Å². The molecule has 0 spiro atoms. The molecule has 0 unspecified atom stereocenters. The lowest BCUT2D eigenvalue weighted by Crippen LogP contribution is -2.61. The number of hydrogen-bond acceptors (Lipinski definition) is 23. The molecule has 15 amide bonds. The van der Waals surface area contributed by atoms with Crippen LogP contribution in [0.25, 0.3) is 0 Å². The number of carbonyl (C=O) groups excluding carboxylic acids is 15. The number of guanidine groups is 2. The van der Waals surface area contributed by atoms with E-state index >= 15 is 14.4 Å².